The first-order chi connectivity index (χ1) is 16.5. The quantitative estimate of drug-likeness (QED) is 0.496. The molecule has 0 saturated carbocycles. The third-order valence-electron chi connectivity index (χ3n) is 5.69. The van der Waals surface area contributed by atoms with Crippen molar-refractivity contribution in [3.63, 3.8) is 0 Å². The van der Waals surface area contributed by atoms with E-state index in [1.807, 2.05) is 17.8 Å². The minimum absolute atomic E-state index is 0. The van der Waals surface area contributed by atoms with Gasteiger partial charge < -0.3 is 10.4 Å². The first-order valence-electron chi connectivity index (χ1n) is 11.4. The lowest BCUT2D eigenvalue weighted by molar-refractivity contribution is 0.110. The number of nitrogens with zero attached hydrogens (tertiary/aromatic N) is 2. The number of fused-ring (bicyclic) bond motifs is 2. The number of hydrogen-bond donors (Lipinski definition) is 2. The van der Waals surface area contributed by atoms with Crippen LogP contribution in [-0.2, 0) is 26.7 Å². The number of benzene rings is 2. The van der Waals surface area contributed by atoms with Gasteiger partial charge in [0.25, 0.3) is 20.2 Å². The van der Waals surface area contributed by atoms with Crippen LogP contribution in [0.2, 0.25) is 5.02 Å². The first-order valence-corrected chi connectivity index (χ1v) is 16.3. The third-order valence-corrected chi connectivity index (χ3v) is 7.14. The van der Waals surface area contributed by atoms with Crippen LogP contribution in [0.15, 0.2) is 46.2 Å². The summed E-state index contributed by atoms with van der Waals surface area (Å²) in [6, 6.07) is 13.9. The maximum Gasteiger partial charge on any atom is 0.261 e. The fraction of sp³-hybridized carbons (Fsp3) is 0.500. The maximum atomic E-state index is 9.19. The van der Waals surface area contributed by atoms with Crippen LogP contribution in [0.4, 0.5) is 0 Å². The molecule has 1 unspecified atom stereocenters. The monoisotopic (exact) mass is 596 g/mol. The summed E-state index contributed by atoms with van der Waals surface area (Å²) in [5.74, 6) is 0.554. The van der Waals surface area contributed by atoms with E-state index in [1.54, 1.807) is 0 Å². The lowest BCUT2D eigenvalue weighted by Crippen LogP contribution is -2.46. The molecule has 0 aromatic heterocycles. The second-order valence-corrected chi connectivity index (χ2v) is 13.8. The number of rotatable bonds is 2. The number of piperazine rings is 1. The van der Waals surface area contributed by atoms with Gasteiger partial charge in [0.05, 0.1) is 12.5 Å². The molecular weight excluding hydrogens is 560 g/mol. The van der Waals surface area contributed by atoms with Crippen LogP contribution in [0.1, 0.15) is 42.5 Å². The summed E-state index contributed by atoms with van der Waals surface area (Å²) in [4.78, 5) is 7.86. The van der Waals surface area contributed by atoms with Crippen molar-refractivity contribution >= 4 is 43.6 Å². The van der Waals surface area contributed by atoms with Gasteiger partial charge in [-0.05, 0) is 60.3 Å². The van der Waals surface area contributed by atoms with Gasteiger partial charge in [-0.2, -0.15) is 16.8 Å². The average Bonchev–Trinajstić information content (AvgIpc) is 2.88. The highest BCUT2D eigenvalue weighted by molar-refractivity contribution is 7.99. The highest BCUT2D eigenvalue weighted by Gasteiger charge is 2.30. The van der Waals surface area contributed by atoms with E-state index in [0.29, 0.717) is 24.5 Å². The topological polar surface area (TPSA) is 147 Å². The Bertz CT molecular complexity index is 1200. The van der Waals surface area contributed by atoms with Gasteiger partial charge in [-0.25, -0.2) is 0 Å². The lowest BCUT2D eigenvalue weighted by Gasteiger charge is -2.38. The molecule has 0 aliphatic carbocycles. The molecule has 4 rings (SSSR count). The van der Waals surface area contributed by atoms with Crippen LogP contribution in [0.25, 0.3) is 0 Å². The summed E-state index contributed by atoms with van der Waals surface area (Å²) in [6.45, 7) is 9.12. The van der Waals surface area contributed by atoms with Crippen LogP contribution in [0, 0.1) is 0 Å². The van der Waals surface area contributed by atoms with E-state index in [4.69, 9.17) is 20.7 Å². The van der Waals surface area contributed by atoms with Gasteiger partial charge in [0.15, 0.2) is 0 Å². The van der Waals surface area contributed by atoms with Crippen molar-refractivity contribution in [3.05, 3.63) is 58.1 Å². The van der Waals surface area contributed by atoms with Gasteiger partial charge >= 0.3 is 0 Å². The fourth-order valence-corrected chi connectivity index (χ4v) is 5.27. The molecule has 0 amide bonds. The summed E-state index contributed by atoms with van der Waals surface area (Å²) < 4.78 is 51.7. The van der Waals surface area contributed by atoms with Crippen LogP contribution in [0.5, 0.6) is 0 Å². The number of likely N-dealkylation sites (N-methyl/N-ethyl adjacent to an activating group) is 1. The Morgan fingerprint density at radius 1 is 0.919 bits per heavy atom. The zero-order chi connectivity index (χ0) is 27.3. The summed E-state index contributed by atoms with van der Waals surface area (Å²) in [7, 11) is -5.11. The van der Waals surface area contributed by atoms with Crippen LogP contribution in [-0.4, -0.2) is 87.0 Å². The number of hydrogen-bond acceptors (Lipinski definition) is 7. The van der Waals surface area contributed by atoms with E-state index in [1.165, 1.54) is 26.5 Å². The molecule has 2 aromatic carbocycles. The third kappa shape index (κ3) is 12.5. The molecule has 210 valence electrons. The predicted molar refractivity (Wildman–Crippen MR) is 150 cm³/mol. The molecule has 1 saturated heterocycles. The van der Waals surface area contributed by atoms with E-state index in [2.05, 4.69) is 61.0 Å². The van der Waals surface area contributed by atoms with Gasteiger partial charge in [0, 0.05) is 47.0 Å². The van der Waals surface area contributed by atoms with Gasteiger partial charge in [0.2, 0.25) is 0 Å². The molecule has 0 bridgehead atoms. The summed E-state index contributed by atoms with van der Waals surface area (Å²) in [5.41, 5.74) is 4.32. The van der Waals surface area contributed by atoms with Crippen molar-refractivity contribution in [2.45, 2.75) is 42.0 Å². The van der Waals surface area contributed by atoms with Crippen LogP contribution in [0.3, 0.4) is 0 Å². The van der Waals surface area contributed by atoms with E-state index in [-0.39, 0.29) is 5.48 Å². The molecule has 37 heavy (non-hydrogen) atoms. The molecule has 0 spiro atoms. The SMILES string of the molecule is CC(C)c1ccc2c(c1)C(N1CCN(C)CC1)Cc1cc(Cl)ccc1S2.CS(=O)(=O)O.CS(=O)(=O)O.O. The Hall–Kier alpha value is -1.22. The van der Waals surface area contributed by atoms with E-state index in [9.17, 15) is 16.8 Å². The first kappa shape index (κ1) is 33.8. The van der Waals surface area contributed by atoms with Gasteiger partial charge in [-0.3, -0.25) is 14.0 Å². The van der Waals surface area contributed by atoms with Crippen molar-refractivity contribution in [1.29, 1.82) is 0 Å². The minimum atomic E-state index is -3.67. The van der Waals surface area contributed by atoms with Crippen molar-refractivity contribution in [3.8, 4) is 0 Å². The highest BCUT2D eigenvalue weighted by Crippen LogP contribution is 2.44. The van der Waals surface area contributed by atoms with Crippen molar-refractivity contribution in [2.24, 2.45) is 0 Å². The summed E-state index contributed by atoms with van der Waals surface area (Å²) >= 11 is 8.24. The average molecular weight is 597 g/mol. The Balaban J connectivity index is 0.000000534. The van der Waals surface area contributed by atoms with Gasteiger partial charge in [0.1, 0.15) is 0 Å². The van der Waals surface area contributed by atoms with Gasteiger partial charge in [-0.1, -0.05) is 49.3 Å². The van der Waals surface area contributed by atoms with Gasteiger partial charge in [-0.15, -0.1) is 0 Å². The second kappa shape index (κ2) is 14.2. The van der Waals surface area contributed by atoms with E-state index >= 15 is 0 Å². The van der Waals surface area contributed by atoms with Crippen LogP contribution >= 0.6 is 23.4 Å². The predicted octanol–water partition coefficient (Wildman–Crippen LogP) is 3.64. The fourth-order valence-electron chi connectivity index (χ4n) is 3.98. The minimum Gasteiger partial charge on any atom is -0.412 e. The molecular formula is C24H37ClN2O7S3. The molecule has 0 radical (unpaired) electrons. The van der Waals surface area contributed by atoms with Crippen molar-refractivity contribution in [2.75, 3.05) is 45.7 Å². The molecule has 2 aromatic rings. The molecule has 4 N–H and O–H groups in total. The normalized spacial score (nSPS) is 18.1. The molecule has 2 aliphatic heterocycles. The largest absolute Gasteiger partial charge is 0.412 e. The Kier molecular flexibility index (Phi) is 13.0. The standard InChI is InChI=1S/C22H27ClN2S.2CH4O3S.H2O/c1-15(2)16-4-6-22-19(13-16)20(25-10-8-24(3)9-11-25)14-17-12-18(23)5-7-21(17)26-22;2*1-5(2,3)4;/h4-7,12-13,15,20H,8-11,14H2,1-3H3;2*1H3,(H,2,3,4);1H2. The summed E-state index contributed by atoms with van der Waals surface area (Å²) in [5, 5.41) is 0.843. The highest BCUT2D eigenvalue weighted by atomic mass is 35.5. The molecule has 2 aliphatic rings. The molecule has 1 fully saturated rings. The smallest absolute Gasteiger partial charge is 0.261 e. The maximum absolute atomic E-state index is 9.19. The molecule has 2 heterocycles. The Labute approximate surface area is 230 Å². The molecule has 13 heteroatoms. The van der Waals surface area contributed by atoms with E-state index < -0.39 is 20.2 Å². The Morgan fingerprint density at radius 2 is 1.43 bits per heavy atom. The van der Waals surface area contributed by atoms with Crippen molar-refractivity contribution < 1.29 is 31.4 Å². The zero-order valence-corrected chi connectivity index (χ0v) is 24.9. The molecule has 9 nitrogen and oxygen atoms in total. The second-order valence-electron chi connectivity index (χ2n) is 9.33. The van der Waals surface area contributed by atoms with Crippen molar-refractivity contribution in [1.82, 2.24) is 9.80 Å². The van der Waals surface area contributed by atoms with E-state index in [0.717, 1.165) is 37.6 Å². The lowest BCUT2D eigenvalue weighted by atomic mass is 9.93. The molecule has 1 atom stereocenters. The zero-order valence-electron chi connectivity index (χ0n) is 21.7. The Morgan fingerprint density at radius 3 is 1.95 bits per heavy atom. The summed E-state index contributed by atoms with van der Waals surface area (Å²) in [6.07, 6.45) is 2.47. The van der Waals surface area contributed by atoms with Crippen LogP contribution < -0.4 is 0 Å². The number of halogens is 1.